The summed E-state index contributed by atoms with van der Waals surface area (Å²) in [7, 11) is 0. The molecule has 2 heterocycles. The van der Waals surface area contributed by atoms with Gasteiger partial charge in [-0.05, 0) is 24.4 Å². The molecule has 0 radical (unpaired) electrons. The number of rotatable bonds is 5. The predicted octanol–water partition coefficient (Wildman–Crippen LogP) is 0.768. The lowest BCUT2D eigenvalue weighted by Crippen LogP contribution is -2.38. The van der Waals surface area contributed by atoms with E-state index in [1.54, 1.807) is 11.4 Å². The molecule has 0 aliphatic carbocycles. The first kappa shape index (κ1) is 15.9. The molecule has 106 valence electrons. The van der Waals surface area contributed by atoms with Gasteiger partial charge in [-0.25, -0.2) is 0 Å². The predicted molar refractivity (Wildman–Crippen MR) is 77.9 cm³/mol. The minimum atomic E-state index is -0.119. The number of amides is 2. The van der Waals surface area contributed by atoms with Gasteiger partial charge in [-0.3, -0.25) is 9.59 Å². The monoisotopic (exact) mass is 303 g/mol. The highest BCUT2D eigenvalue weighted by Gasteiger charge is 2.16. The van der Waals surface area contributed by atoms with Gasteiger partial charge in [0.1, 0.15) is 0 Å². The Hall–Kier alpha value is -1.11. The van der Waals surface area contributed by atoms with E-state index in [-0.39, 0.29) is 30.3 Å². The van der Waals surface area contributed by atoms with Crippen LogP contribution in [0, 0.1) is 0 Å². The van der Waals surface area contributed by atoms with Crippen LogP contribution in [-0.2, 0) is 4.79 Å². The first-order chi connectivity index (χ1) is 8.75. The third-order valence-corrected chi connectivity index (χ3v) is 3.53. The molecule has 19 heavy (non-hydrogen) atoms. The van der Waals surface area contributed by atoms with E-state index in [2.05, 4.69) is 16.0 Å². The molecule has 0 aromatic carbocycles. The van der Waals surface area contributed by atoms with Crippen molar-refractivity contribution in [3.8, 4) is 0 Å². The van der Waals surface area contributed by atoms with Gasteiger partial charge in [0.2, 0.25) is 5.91 Å². The average molecular weight is 304 g/mol. The van der Waals surface area contributed by atoms with Crippen molar-refractivity contribution in [3.63, 3.8) is 0 Å². The van der Waals surface area contributed by atoms with E-state index in [1.807, 2.05) is 5.38 Å². The highest BCUT2D eigenvalue weighted by molar-refractivity contribution is 7.08. The fourth-order valence-electron chi connectivity index (χ4n) is 1.86. The van der Waals surface area contributed by atoms with Crippen LogP contribution < -0.4 is 16.0 Å². The van der Waals surface area contributed by atoms with Gasteiger partial charge in [0, 0.05) is 36.5 Å². The van der Waals surface area contributed by atoms with Crippen LogP contribution in [0.2, 0.25) is 0 Å². The molecular formula is C12H18ClN3O2S. The average Bonchev–Trinajstić information content (AvgIpc) is 3.00. The normalized spacial score (nSPS) is 17.6. The largest absolute Gasteiger partial charge is 0.352 e. The summed E-state index contributed by atoms with van der Waals surface area (Å²) in [5.74, 6) is -0.124. The molecule has 5 nitrogen and oxygen atoms in total. The molecule has 1 saturated heterocycles. The Morgan fingerprint density at radius 3 is 2.95 bits per heavy atom. The maximum absolute atomic E-state index is 11.6. The zero-order valence-electron chi connectivity index (χ0n) is 10.5. The van der Waals surface area contributed by atoms with Crippen LogP contribution in [0.3, 0.4) is 0 Å². The van der Waals surface area contributed by atoms with Crippen molar-refractivity contribution in [1.29, 1.82) is 0 Å². The summed E-state index contributed by atoms with van der Waals surface area (Å²) >= 11 is 1.48. The summed E-state index contributed by atoms with van der Waals surface area (Å²) in [4.78, 5) is 23.2. The topological polar surface area (TPSA) is 70.2 Å². The minimum absolute atomic E-state index is 0. The molecule has 1 unspecified atom stereocenters. The second-order valence-corrected chi connectivity index (χ2v) is 5.06. The summed E-state index contributed by atoms with van der Waals surface area (Å²) < 4.78 is 0. The van der Waals surface area contributed by atoms with Crippen LogP contribution in [0.15, 0.2) is 16.8 Å². The van der Waals surface area contributed by atoms with E-state index in [9.17, 15) is 9.59 Å². The zero-order chi connectivity index (χ0) is 12.8. The summed E-state index contributed by atoms with van der Waals surface area (Å²) in [6.07, 6.45) is 1.30. The van der Waals surface area contributed by atoms with Crippen molar-refractivity contribution in [3.05, 3.63) is 22.4 Å². The Morgan fingerprint density at radius 1 is 1.47 bits per heavy atom. The maximum atomic E-state index is 11.6. The van der Waals surface area contributed by atoms with E-state index < -0.39 is 0 Å². The van der Waals surface area contributed by atoms with Crippen molar-refractivity contribution >= 4 is 35.6 Å². The zero-order valence-corrected chi connectivity index (χ0v) is 12.1. The first-order valence-corrected chi connectivity index (χ1v) is 7.00. The fourth-order valence-corrected chi connectivity index (χ4v) is 2.50. The molecular weight excluding hydrogens is 286 g/mol. The molecule has 1 atom stereocenters. The van der Waals surface area contributed by atoms with Gasteiger partial charge in [-0.1, -0.05) is 0 Å². The highest BCUT2D eigenvalue weighted by Crippen LogP contribution is 2.05. The van der Waals surface area contributed by atoms with Gasteiger partial charge >= 0.3 is 0 Å². The Labute approximate surface area is 122 Å². The summed E-state index contributed by atoms with van der Waals surface area (Å²) in [5, 5.41) is 12.5. The lowest BCUT2D eigenvalue weighted by Gasteiger charge is -2.11. The van der Waals surface area contributed by atoms with Crippen molar-refractivity contribution in [2.45, 2.75) is 18.9 Å². The quantitative estimate of drug-likeness (QED) is 0.752. The molecule has 1 aromatic rings. The standard InChI is InChI=1S/C12H17N3O2S.ClH/c16-11(15-10-1-4-13-7-10)2-5-14-12(17)9-3-6-18-8-9;/h3,6,8,10,13H,1-2,4-5,7H2,(H,14,17)(H,15,16);1H. The van der Waals surface area contributed by atoms with Crippen molar-refractivity contribution in [2.24, 2.45) is 0 Å². The molecule has 0 saturated carbocycles. The van der Waals surface area contributed by atoms with E-state index in [0.717, 1.165) is 19.5 Å². The first-order valence-electron chi connectivity index (χ1n) is 6.06. The molecule has 0 spiro atoms. The molecule has 2 amide bonds. The molecule has 1 aliphatic rings. The highest BCUT2D eigenvalue weighted by atomic mass is 35.5. The smallest absolute Gasteiger partial charge is 0.252 e. The molecule has 3 N–H and O–H groups in total. The van der Waals surface area contributed by atoms with E-state index in [1.165, 1.54) is 11.3 Å². The molecule has 2 rings (SSSR count). The fraction of sp³-hybridized carbons (Fsp3) is 0.500. The van der Waals surface area contributed by atoms with Crippen molar-refractivity contribution < 1.29 is 9.59 Å². The third kappa shape index (κ3) is 5.18. The third-order valence-electron chi connectivity index (χ3n) is 2.85. The summed E-state index contributed by atoms with van der Waals surface area (Å²) in [5.41, 5.74) is 0.653. The van der Waals surface area contributed by atoms with Gasteiger partial charge in [0.25, 0.3) is 5.91 Å². The van der Waals surface area contributed by atoms with Crippen LogP contribution in [0.1, 0.15) is 23.2 Å². The Kier molecular flexibility index (Phi) is 6.83. The second-order valence-electron chi connectivity index (χ2n) is 4.28. The number of halogens is 1. The van der Waals surface area contributed by atoms with E-state index >= 15 is 0 Å². The number of nitrogens with one attached hydrogen (secondary N) is 3. The second kappa shape index (κ2) is 8.14. The van der Waals surface area contributed by atoms with Crippen LogP contribution in [0.25, 0.3) is 0 Å². The summed E-state index contributed by atoms with van der Waals surface area (Å²) in [6, 6.07) is 2.01. The van der Waals surface area contributed by atoms with E-state index in [0.29, 0.717) is 18.5 Å². The molecule has 7 heteroatoms. The number of hydrogen-bond acceptors (Lipinski definition) is 4. The Morgan fingerprint density at radius 2 is 2.32 bits per heavy atom. The van der Waals surface area contributed by atoms with Gasteiger partial charge in [-0.15, -0.1) is 12.4 Å². The van der Waals surface area contributed by atoms with Crippen LogP contribution in [0.5, 0.6) is 0 Å². The van der Waals surface area contributed by atoms with Gasteiger partial charge < -0.3 is 16.0 Å². The summed E-state index contributed by atoms with van der Waals surface area (Å²) in [6.45, 7) is 2.17. The Bertz CT molecular complexity index is 405. The SMILES string of the molecule is Cl.O=C(CCNC(=O)c1ccsc1)NC1CCNC1. The van der Waals surface area contributed by atoms with Gasteiger partial charge in [0.05, 0.1) is 0 Å². The van der Waals surface area contributed by atoms with Crippen molar-refractivity contribution in [2.75, 3.05) is 19.6 Å². The number of thiophene rings is 1. The maximum Gasteiger partial charge on any atom is 0.252 e. The number of carbonyl (C=O) groups is 2. The molecule has 1 aromatic heterocycles. The van der Waals surface area contributed by atoms with Gasteiger partial charge in [0.15, 0.2) is 0 Å². The lowest BCUT2D eigenvalue weighted by atomic mass is 10.2. The van der Waals surface area contributed by atoms with Crippen molar-refractivity contribution in [1.82, 2.24) is 16.0 Å². The molecule has 1 aliphatic heterocycles. The lowest BCUT2D eigenvalue weighted by molar-refractivity contribution is -0.121. The van der Waals surface area contributed by atoms with Crippen LogP contribution in [-0.4, -0.2) is 37.5 Å². The van der Waals surface area contributed by atoms with Crippen LogP contribution in [0.4, 0.5) is 0 Å². The van der Waals surface area contributed by atoms with Gasteiger partial charge in [-0.2, -0.15) is 11.3 Å². The minimum Gasteiger partial charge on any atom is -0.352 e. The Balaban J connectivity index is 0.00000180. The van der Waals surface area contributed by atoms with Crippen LogP contribution >= 0.6 is 23.7 Å². The molecule has 1 fully saturated rings. The number of carbonyl (C=O) groups excluding carboxylic acids is 2. The molecule has 0 bridgehead atoms. The number of hydrogen-bond donors (Lipinski definition) is 3. The van der Waals surface area contributed by atoms with E-state index in [4.69, 9.17) is 0 Å².